The number of amides is 1. The second-order valence-corrected chi connectivity index (χ2v) is 7.40. The first-order valence-electron chi connectivity index (χ1n) is 10.5. The number of likely N-dealkylation sites (N-methyl/N-ethyl adjacent to an activating group) is 1. The minimum atomic E-state index is -1.13. The Balaban J connectivity index is 1.45. The Kier molecular flexibility index (Phi) is 8.64. The Morgan fingerprint density at radius 2 is 1.73 bits per heavy atom. The SMILES string of the molecule is CN(CCOc1ccc(C[C@H](NC(=O)OCc2ccccc2)C(=O)O)cc1)c1ccccn1. The molecule has 0 bridgehead atoms. The summed E-state index contributed by atoms with van der Waals surface area (Å²) in [4.78, 5) is 29.9. The number of carbonyl (C=O) groups is 2. The molecule has 8 nitrogen and oxygen atoms in total. The van der Waals surface area contributed by atoms with E-state index in [2.05, 4.69) is 10.3 Å². The van der Waals surface area contributed by atoms with Crippen LogP contribution in [-0.2, 0) is 22.6 Å². The van der Waals surface area contributed by atoms with Crippen LogP contribution in [0.4, 0.5) is 10.6 Å². The van der Waals surface area contributed by atoms with Crippen molar-refractivity contribution in [1.82, 2.24) is 10.3 Å². The molecule has 0 radical (unpaired) electrons. The summed E-state index contributed by atoms with van der Waals surface area (Å²) < 4.78 is 10.9. The molecule has 0 aliphatic carbocycles. The minimum Gasteiger partial charge on any atom is -0.492 e. The molecule has 0 spiro atoms. The van der Waals surface area contributed by atoms with Crippen LogP contribution < -0.4 is 15.0 Å². The lowest BCUT2D eigenvalue weighted by molar-refractivity contribution is -0.139. The molecule has 172 valence electrons. The largest absolute Gasteiger partial charge is 0.492 e. The van der Waals surface area contributed by atoms with E-state index in [4.69, 9.17) is 9.47 Å². The molecule has 1 amide bonds. The van der Waals surface area contributed by atoms with Gasteiger partial charge >= 0.3 is 12.1 Å². The predicted molar refractivity (Wildman–Crippen MR) is 124 cm³/mol. The maximum Gasteiger partial charge on any atom is 0.408 e. The van der Waals surface area contributed by atoms with Gasteiger partial charge in [0.2, 0.25) is 0 Å². The highest BCUT2D eigenvalue weighted by atomic mass is 16.5. The van der Waals surface area contributed by atoms with E-state index >= 15 is 0 Å². The number of rotatable bonds is 11. The van der Waals surface area contributed by atoms with Gasteiger partial charge < -0.3 is 24.8 Å². The fourth-order valence-electron chi connectivity index (χ4n) is 3.06. The fraction of sp³-hybridized carbons (Fsp3) is 0.240. The molecule has 1 aromatic heterocycles. The zero-order valence-corrected chi connectivity index (χ0v) is 18.4. The number of carboxylic acids is 1. The summed E-state index contributed by atoms with van der Waals surface area (Å²) in [6, 6.07) is 20.9. The number of ether oxygens (including phenoxy) is 2. The summed E-state index contributed by atoms with van der Waals surface area (Å²) in [5, 5.41) is 11.9. The number of hydrogen-bond acceptors (Lipinski definition) is 6. The van der Waals surface area contributed by atoms with E-state index in [9.17, 15) is 14.7 Å². The maximum atomic E-state index is 12.0. The molecule has 0 aliphatic rings. The zero-order chi connectivity index (χ0) is 23.5. The molecule has 3 rings (SSSR count). The molecule has 0 aliphatic heterocycles. The van der Waals surface area contributed by atoms with E-state index < -0.39 is 18.1 Å². The number of benzene rings is 2. The predicted octanol–water partition coefficient (Wildman–Crippen LogP) is 3.52. The number of aliphatic carboxylic acids is 1. The topological polar surface area (TPSA) is 101 Å². The van der Waals surface area contributed by atoms with Gasteiger partial charge in [-0.15, -0.1) is 0 Å². The summed E-state index contributed by atoms with van der Waals surface area (Å²) in [6.45, 7) is 1.20. The number of nitrogens with one attached hydrogen (secondary N) is 1. The van der Waals surface area contributed by atoms with Crippen molar-refractivity contribution in [3.8, 4) is 5.75 Å². The number of anilines is 1. The highest BCUT2D eigenvalue weighted by molar-refractivity contribution is 5.80. The smallest absolute Gasteiger partial charge is 0.408 e. The maximum absolute atomic E-state index is 12.0. The lowest BCUT2D eigenvalue weighted by Gasteiger charge is -2.18. The van der Waals surface area contributed by atoms with Crippen molar-refractivity contribution in [2.45, 2.75) is 19.1 Å². The molecule has 1 atom stereocenters. The van der Waals surface area contributed by atoms with E-state index in [0.29, 0.717) is 18.9 Å². The highest BCUT2D eigenvalue weighted by Crippen LogP contribution is 2.14. The van der Waals surface area contributed by atoms with Crippen molar-refractivity contribution < 1.29 is 24.2 Å². The van der Waals surface area contributed by atoms with Gasteiger partial charge in [-0.05, 0) is 35.4 Å². The summed E-state index contributed by atoms with van der Waals surface area (Å²) >= 11 is 0. The molecule has 33 heavy (non-hydrogen) atoms. The van der Waals surface area contributed by atoms with Gasteiger partial charge in [0.1, 0.15) is 30.8 Å². The van der Waals surface area contributed by atoms with E-state index in [1.165, 1.54) is 0 Å². The van der Waals surface area contributed by atoms with E-state index in [0.717, 1.165) is 16.9 Å². The zero-order valence-electron chi connectivity index (χ0n) is 18.4. The molecule has 0 unspecified atom stereocenters. The van der Waals surface area contributed by atoms with E-state index in [1.54, 1.807) is 30.5 Å². The third kappa shape index (κ3) is 7.84. The summed E-state index contributed by atoms with van der Waals surface area (Å²) in [5.41, 5.74) is 1.57. The van der Waals surface area contributed by atoms with Gasteiger partial charge in [0.15, 0.2) is 0 Å². The third-order valence-electron chi connectivity index (χ3n) is 4.90. The molecule has 8 heteroatoms. The van der Waals surface area contributed by atoms with E-state index in [-0.39, 0.29) is 13.0 Å². The molecule has 0 saturated heterocycles. The minimum absolute atomic E-state index is 0.0700. The third-order valence-corrected chi connectivity index (χ3v) is 4.90. The van der Waals surface area contributed by atoms with Crippen LogP contribution in [0, 0.1) is 0 Å². The Morgan fingerprint density at radius 3 is 2.39 bits per heavy atom. The Labute approximate surface area is 192 Å². The normalized spacial score (nSPS) is 11.3. The molecule has 3 aromatic rings. The van der Waals surface area contributed by atoms with Gasteiger partial charge in [0.05, 0.1) is 6.54 Å². The van der Waals surface area contributed by atoms with Crippen molar-refractivity contribution in [2.24, 2.45) is 0 Å². The standard InChI is InChI=1S/C25H27N3O5/c1-28(23-9-5-6-14-26-23)15-16-32-21-12-10-19(11-13-21)17-22(24(29)30)27-25(31)33-18-20-7-3-2-4-8-20/h2-14,22H,15-18H2,1H3,(H,27,31)(H,29,30)/t22-/m0/s1. The molecular weight excluding hydrogens is 422 g/mol. The number of carbonyl (C=O) groups excluding carboxylic acids is 1. The molecule has 2 aromatic carbocycles. The van der Waals surface area contributed by atoms with Crippen molar-refractivity contribution in [3.05, 3.63) is 90.1 Å². The molecule has 1 heterocycles. The quantitative estimate of drug-likeness (QED) is 0.462. The lowest BCUT2D eigenvalue weighted by atomic mass is 10.1. The monoisotopic (exact) mass is 449 g/mol. The Bertz CT molecular complexity index is 1010. The van der Waals surface area contributed by atoms with Gasteiger partial charge in [0.25, 0.3) is 0 Å². The van der Waals surface area contributed by atoms with Crippen LogP contribution in [0.25, 0.3) is 0 Å². The average molecular weight is 450 g/mol. The molecule has 2 N–H and O–H groups in total. The molecule has 0 fully saturated rings. The van der Waals surface area contributed by atoms with Gasteiger partial charge in [-0.25, -0.2) is 14.6 Å². The molecular formula is C25H27N3O5. The van der Waals surface area contributed by atoms with Crippen LogP contribution in [-0.4, -0.2) is 48.4 Å². The van der Waals surface area contributed by atoms with Crippen LogP contribution >= 0.6 is 0 Å². The van der Waals surface area contributed by atoms with Gasteiger partial charge in [-0.1, -0.05) is 48.5 Å². The average Bonchev–Trinajstić information content (AvgIpc) is 2.84. The molecule has 0 saturated carbocycles. The van der Waals surface area contributed by atoms with Gasteiger partial charge in [-0.2, -0.15) is 0 Å². The van der Waals surface area contributed by atoms with Crippen LogP contribution in [0.1, 0.15) is 11.1 Å². The van der Waals surface area contributed by atoms with Crippen LogP contribution in [0.15, 0.2) is 79.0 Å². The first-order chi connectivity index (χ1) is 16.0. The number of alkyl carbamates (subject to hydrolysis) is 1. The van der Waals surface area contributed by atoms with Crippen molar-refractivity contribution in [3.63, 3.8) is 0 Å². The summed E-state index contributed by atoms with van der Waals surface area (Å²) in [6.07, 6.45) is 1.09. The van der Waals surface area contributed by atoms with Crippen molar-refractivity contribution >= 4 is 17.9 Å². The number of nitrogens with zero attached hydrogens (tertiary/aromatic N) is 2. The lowest BCUT2D eigenvalue weighted by Crippen LogP contribution is -2.42. The van der Waals surface area contributed by atoms with Crippen LogP contribution in [0.3, 0.4) is 0 Å². The number of pyridine rings is 1. The number of hydrogen-bond donors (Lipinski definition) is 2. The van der Waals surface area contributed by atoms with Gasteiger partial charge in [0, 0.05) is 19.7 Å². The Morgan fingerprint density at radius 1 is 1.00 bits per heavy atom. The fourth-order valence-corrected chi connectivity index (χ4v) is 3.06. The Hall–Kier alpha value is -4.07. The highest BCUT2D eigenvalue weighted by Gasteiger charge is 2.21. The van der Waals surface area contributed by atoms with Crippen LogP contribution in [0.5, 0.6) is 5.75 Å². The van der Waals surface area contributed by atoms with E-state index in [1.807, 2.05) is 60.5 Å². The number of aromatic nitrogens is 1. The van der Waals surface area contributed by atoms with Crippen LogP contribution in [0.2, 0.25) is 0 Å². The second-order valence-electron chi connectivity index (χ2n) is 7.40. The van der Waals surface area contributed by atoms with Crippen molar-refractivity contribution in [1.29, 1.82) is 0 Å². The first-order valence-corrected chi connectivity index (χ1v) is 10.5. The van der Waals surface area contributed by atoms with Crippen molar-refractivity contribution in [2.75, 3.05) is 25.1 Å². The van der Waals surface area contributed by atoms with Gasteiger partial charge in [-0.3, -0.25) is 0 Å². The number of carboxylic acid groups (broad SMARTS) is 1. The first kappa shape index (κ1) is 23.6. The second kappa shape index (κ2) is 12.1. The summed E-state index contributed by atoms with van der Waals surface area (Å²) in [5.74, 6) is 0.408. The summed E-state index contributed by atoms with van der Waals surface area (Å²) in [7, 11) is 1.94.